The van der Waals surface area contributed by atoms with Crippen molar-refractivity contribution in [1.29, 1.82) is 0 Å². The number of halogens is 3. The molecule has 0 bridgehead atoms. The summed E-state index contributed by atoms with van der Waals surface area (Å²) in [6.45, 7) is 1.80. The Labute approximate surface area is 118 Å². The normalized spacial score (nSPS) is 10.4. The van der Waals surface area contributed by atoms with E-state index in [4.69, 9.17) is 11.6 Å². The second kappa shape index (κ2) is 5.21. The van der Waals surface area contributed by atoms with E-state index < -0.39 is 11.6 Å². The molecule has 0 unspecified atom stereocenters. The van der Waals surface area contributed by atoms with Crippen LogP contribution in [-0.4, -0.2) is 5.78 Å². The standard InChI is InChI=1S/C14H9BrClFO/c1-8-4-2-5-9(12(8)16)14(18)10-6-3-7-11(15)13(10)17/h2-7H,1H3. The van der Waals surface area contributed by atoms with Gasteiger partial charge in [0.1, 0.15) is 5.82 Å². The second-order valence-corrected chi connectivity index (χ2v) is 5.10. The van der Waals surface area contributed by atoms with Gasteiger partial charge in [-0.15, -0.1) is 0 Å². The fourth-order valence-corrected chi connectivity index (χ4v) is 2.23. The molecule has 0 aromatic heterocycles. The molecule has 0 radical (unpaired) electrons. The largest absolute Gasteiger partial charge is 0.288 e. The van der Waals surface area contributed by atoms with Crippen molar-refractivity contribution in [2.24, 2.45) is 0 Å². The van der Waals surface area contributed by atoms with Crippen molar-refractivity contribution >= 4 is 33.3 Å². The lowest BCUT2D eigenvalue weighted by molar-refractivity contribution is 0.103. The highest BCUT2D eigenvalue weighted by atomic mass is 79.9. The summed E-state index contributed by atoms with van der Waals surface area (Å²) in [6.07, 6.45) is 0. The van der Waals surface area contributed by atoms with Crippen molar-refractivity contribution in [2.45, 2.75) is 6.92 Å². The van der Waals surface area contributed by atoms with Crippen LogP contribution >= 0.6 is 27.5 Å². The Morgan fingerprint density at radius 2 is 1.78 bits per heavy atom. The first-order chi connectivity index (χ1) is 8.52. The molecular formula is C14H9BrClFO. The van der Waals surface area contributed by atoms with Crippen molar-refractivity contribution in [2.75, 3.05) is 0 Å². The molecule has 0 N–H and O–H groups in total. The molecule has 2 aromatic carbocycles. The van der Waals surface area contributed by atoms with Crippen LogP contribution in [0.15, 0.2) is 40.9 Å². The second-order valence-electron chi connectivity index (χ2n) is 3.87. The van der Waals surface area contributed by atoms with E-state index in [2.05, 4.69) is 15.9 Å². The number of benzene rings is 2. The molecule has 0 aliphatic heterocycles. The Morgan fingerprint density at radius 1 is 1.17 bits per heavy atom. The molecule has 18 heavy (non-hydrogen) atoms. The van der Waals surface area contributed by atoms with Crippen LogP contribution in [0.5, 0.6) is 0 Å². The van der Waals surface area contributed by atoms with Gasteiger partial charge < -0.3 is 0 Å². The van der Waals surface area contributed by atoms with E-state index in [0.717, 1.165) is 5.56 Å². The van der Waals surface area contributed by atoms with Crippen molar-refractivity contribution < 1.29 is 9.18 Å². The van der Waals surface area contributed by atoms with Crippen LogP contribution in [0.25, 0.3) is 0 Å². The first-order valence-electron chi connectivity index (χ1n) is 5.26. The Bertz CT molecular complexity index is 572. The number of ketones is 1. The summed E-state index contributed by atoms with van der Waals surface area (Å²) in [6, 6.07) is 9.73. The SMILES string of the molecule is Cc1cccc(C(=O)c2cccc(Br)c2F)c1Cl. The molecule has 2 rings (SSSR count). The van der Waals surface area contributed by atoms with Crippen LogP contribution in [-0.2, 0) is 0 Å². The van der Waals surface area contributed by atoms with Crippen LogP contribution in [0, 0.1) is 12.7 Å². The highest BCUT2D eigenvalue weighted by Gasteiger charge is 2.18. The van der Waals surface area contributed by atoms with Crippen molar-refractivity contribution in [3.63, 3.8) is 0 Å². The van der Waals surface area contributed by atoms with Gasteiger partial charge in [-0.05, 0) is 46.6 Å². The minimum absolute atomic E-state index is 0.0110. The highest BCUT2D eigenvalue weighted by molar-refractivity contribution is 9.10. The molecule has 0 spiro atoms. The lowest BCUT2D eigenvalue weighted by atomic mass is 10.0. The van der Waals surface area contributed by atoms with E-state index in [-0.39, 0.29) is 10.0 Å². The van der Waals surface area contributed by atoms with Crippen LogP contribution in [0.4, 0.5) is 4.39 Å². The molecule has 0 saturated carbocycles. The lowest BCUT2D eigenvalue weighted by Gasteiger charge is -2.07. The van der Waals surface area contributed by atoms with Crippen LogP contribution in [0.2, 0.25) is 5.02 Å². The summed E-state index contributed by atoms with van der Waals surface area (Å²) in [5.41, 5.74) is 1.11. The van der Waals surface area contributed by atoms with Gasteiger partial charge in [-0.3, -0.25) is 4.79 Å². The van der Waals surface area contributed by atoms with Gasteiger partial charge >= 0.3 is 0 Å². The van der Waals surface area contributed by atoms with E-state index in [1.165, 1.54) is 6.07 Å². The van der Waals surface area contributed by atoms with Gasteiger partial charge in [0.25, 0.3) is 0 Å². The van der Waals surface area contributed by atoms with E-state index in [1.807, 2.05) is 0 Å². The number of carbonyl (C=O) groups is 1. The highest BCUT2D eigenvalue weighted by Crippen LogP contribution is 2.26. The molecule has 0 heterocycles. The topological polar surface area (TPSA) is 17.1 Å². The van der Waals surface area contributed by atoms with Crippen molar-refractivity contribution in [3.05, 3.63) is 68.4 Å². The number of hydrogen-bond donors (Lipinski definition) is 0. The van der Waals surface area contributed by atoms with Crippen LogP contribution in [0.3, 0.4) is 0 Å². The third-order valence-corrected chi connectivity index (χ3v) is 3.75. The predicted molar refractivity (Wildman–Crippen MR) is 73.7 cm³/mol. The molecule has 4 heteroatoms. The Hall–Kier alpha value is -1.19. The molecule has 0 aliphatic carbocycles. The monoisotopic (exact) mass is 326 g/mol. The summed E-state index contributed by atoms with van der Waals surface area (Å²) in [5, 5.41) is 0.363. The zero-order chi connectivity index (χ0) is 13.3. The minimum atomic E-state index is -0.569. The smallest absolute Gasteiger partial charge is 0.197 e. The van der Waals surface area contributed by atoms with Crippen molar-refractivity contribution in [1.82, 2.24) is 0 Å². The van der Waals surface area contributed by atoms with Gasteiger partial charge in [0.15, 0.2) is 5.78 Å². The van der Waals surface area contributed by atoms with Gasteiger partial charge in [0, 0.05) is 5.56 Å². The molecule has 2 aromatic rings. The van der Waals surface area contributed by atoms with Gasteiger partial charge in [0.05, 0.1) is 15.1 Å². The summed E-state index contributed by atoms with van der Waals surface area (Å²) in [7, 11) is 0. The van der Waals surface area contributed by atoms with E-state index in [9.17, 15) is 9.18 Å². The first kappa shape index (κ1) is 13.2. The maximum atomic E-state index is 13.9. The summed E-state index contributed by atoms with van der Waals surface area (Å²) in [5.74, 6) is -0.984. The molecule has 0 saturated heterocycles. The summed E-state index contributed by atoms with van der Waals surface area (Å²) < 4.78 is 14.1. The van der Waals surface area contributed by atoms with E-state index in [0.29, 0.717) is 10.6 Å². The summed E-state index contributed by atoms with van der Waals surface area (Å²) >= 11 is 9.13. The molecule has 0 amide bonds. The van der Waals surface area contributed by atoms with Gasteiger partial charge in [-0.2, -0.15) is 0 Å². The fraction of sp³-hybridized carbons (Fsp3) is 0.0714. The van der Waals surface area contributed by atoms with Crippen LogP contribution < -0.4 is 0 Å². The first-order valence-corrected chi connectivity index (χ1v) is 6.43. The fourth-order valence-electron chi connectivity index (χ4n) is 1.65. The van der Waals surface area contributed by atoms with Crippen molar-refractivity contribution in [3.8, 4) is 0 Å². The van der Waals surface area contributed by atoms with Gasteiger partial charge in [-0.1, -0.05) is 29.8 Å². The molecular weight excluding hydrogens is 319 g/mol. The summed E-state index contributed by atoms with van der Waals surface area (Å²) in [4.78, 5) is 12.2. The van der Waals surface area contributed by atoms with Crippen LogP contribution in [0.1, 0.15) is 21.5 Å². The maximum Gasteiger partial charge on any atom is 0.197 e. The number of aryl methyl sites for hydroxylation is 1. The van der Waals surface area contributed by atoms with E-state index >= 15 is 0 Å². The predicted octanol–water partition coefficient (Wildman–Crippen LogP) is 4.78. The van der Waals surface area contributed by atoms with Gasteiger partial charge in [0.2, 0.25) is 0 Å². The Morgan fingerprint density at radius 3 is 2.50 bits per heavy atom. The average Bonchev–Trinajstić information content (AvgIpc) is 2.35. The zero-order valence-electron chi connectivity index (χ0n) is 9.51. The molecule has 0 atom stereocenters. The number of hydrogen-bond acceptors (Lipinski definition) is 1. The van der Waals surface area contributed by atoms with E-state index in [1.54, 1.807) is 37.3 Å². The quantitative estimate of drug-likeness (QED) is 0.725. The maximum absolute atomic E-state index is 13.9. The third kappa shape index (κ3) is 2.33. The number of rotatable bonds is 2. The Balaban J connectivity index is 2.55. The molecule has 92 valence electrons. The minimum Gasteiger partial charge on any atom is -0.288 e. The Kier molecular flexibility index (Phi) is 3.83. The number of carbonyl (C=O) groups excluding carboxylic acids is 1. The average molecular weight is 328 g/mol. The third-order valence-electron chi connectivity index (χ3n) is 2.63. The van der Waals surface area contributed by atoms with Gasteiger partial charge in [-0.25, -0.2) is 4.39 Å². The molecule has 1 nitrogen and oxygen atoms in total. The molecule has 0 fully saturated rings. The zero-order valence-corrected chi connectivity index (χ0v) is 11.8. The lowest BCUT2D eigenvalue weighted by Crippen LogP contribution is -2.06. The molecule has 0 aliphatic rings.